The number of benzene rings is 1. The maximum atomic E-state index is 13.4. The van der Waals surface area contributed by atoms with Gasteiger partial charge >= 0.3 is 6.09 Å². The Balaban J connectivity index is 1.49. The van der Waals surface area contributed by atoms with Gasteiger partial charge in [0.25, 0.3) is 0 Å². The molecule has 180 valence electrons. The zero-order valence-corrected chi connectivity index (χ0v) is 19.4. The van der Waals surface area contributed by atoms with Crippen LogP contribution in [0.15, 0.2) is 24.3 Å². The Morgan fingerprint density at radius 1 is 1.06 bits per heavy atom. The number of hydrogen-bond acceptors (Lipinski definition) is 5. The van der Waals surface area contributed by atoms with Crippen molar-refractivity contribution in [3.8, 4) is 0 Å². The first-order chi connectivity index (χ1) is 16.0. The summed E-state index contributed by atoms with van der Waals surface area (Å²) in [5, 5.41) is 5.95. The van der Waals surface area contributed by atoms with Crippen LogP contribution in [0.3, 0.4) is 0 Å². The average Bonchev–Trinajstić information content (AvgIpc) is 3.27. The molecule has 1 aliphatic heterocycles. The van der Waals surface area contributed by atoms with Crippen LogP contribution in [0, 0.1) is 5.92 Å². The molecule has 0 spiro atoms. The normalized spacial score (nSPS) is 26.2. The van der Waals surface area contributed by atoms with Crippen LogP contribution in [-0.4, -0.2) is 54.6 Å². The van der Waals surface area contributed by atoms with E-state index in [0.717, 1.165) is 50.5 Å². The molecule has 1 aromatic rings. The van der Waals surface area contributed by atoms with Crippen LogP contribution in [0.4, 0.5) is 4.79 Å². The molecule has 1 heterocycles. The smallest absolute Gasteiger partial charge is 0.407 e. The molecule has 4 rings (SSSR count). The molecule has 0 bridgehead atoms. The highest BCUT2D eigenvalue weighted by atomic mass is 16.5. The number of nitrogens with one attached hydrogen (secondary N) is 2. The number of hydrogen-bond donors (Lipinski definition) is 3. The Hall–Kier alpha value is -2.61. The third-order valence-electron chi connectivity index (χ3n) is 7.52. The lowest BCUT2D eigenvalue weighted by Crippen LogP contribution is -2.54. The van der Waals surface area contributed by atoms with Gasteiger partial charge in [0.05, 0.1) is 25.2 Å². The Morgan fingerprint density at radius 3 is 2.58 bits per heavy atom. The molecule has 1 saturated carbocycles. The number of alkyl carbamates (subject to hydrolysis) is 1. The van der Waals surface area contributed by atoms with Gasteiger partial charge in [-0.25, -0.2) is 4.79 Å². The molecule has 0 radical (unpaired) electrons. The molecule has 33 heavy (non-hydrogen) atoms. The molecule has 2 aliphatic carbocycles. The maximum Gasteiger partial charge on any atom is 0.407 e. The molecule has 0 unspecified atom stereocenters. The minimum absolute atomic E-state index is 0.0703. The summed E-state index contributed by atoms with van der Waals surface area (Å²) in [5.41, 5.74) is 8.83. The minimum Gasteiger partial charge on any atom is -0.453 e. The number of carbonyl (C=O) groups excluding carboxylic acids is 3. The summed E-state index contributed by atoms with van der Waals surface area (Å²) >= 11 is 0. The quantitative estimate of drug-likeness (QED) is 0.630. The third-order valence-corrected chi connectivity index (χ3v) is 7.52. The van der Waals surface area contributed by atoms with Gasteiger partial charge in [0, 0.05) is 6.54 Å². The van der Waals surface area contributed by atoms with Crippen molar-refractivity contribution in [1.29, 1.82) is 0 Å². The Labute approximate surface area is 195 Å². The van der Waals surface area contributed by atoms with Crippen LogP contribution in [0.25, 0.3) is 0 Å². The average molecular weight is 457 g/mol. The Morgan fingerprint density at radius 2 is 1.82 bits per heavy atom. The number of nitrogens with two attached hydrogens (primary N) is 1. The highest BCUT2D eigenvalue weighted by Gasteiger charge is 2.43. The van der Waals surface area contributed by atoms with E-state index in [2.05, 4.69) is 22.8 Å². The van der Waals surface area contributed by atoms with Gasteiger partial charge in [-0.2, -0.15) is 0 Å². The molecular formula is C25H36N4O4. The summed E-state index contributed by atoms with van der Waals surface area (Å²) in [5.74, 6) is -0.233. The number of fused-ring (bicyclic) bond motifs is 1. The lowest BCUT2D eigenvalue weighted by atomic mass is 9.83. The number of methoxy groups -OCH3 is 1. The van der Waals surface area contributed by atoms with Crippen molar-refractivity contribution in [1.82, 2.24) is 15.5 Å². The molecule has 3 amide bonds. The van der Waals surface area contributed by atoms with E-state index in [1.165, 1.54) is 19.1 Å². The van der Waals surface area contributed by atoms with E-state index < -0.39 is 18.2 Å². The van der Waals surface area contributed by atoms with Gasteiger partial charge in [0.15, 0.2) is 0 Å². The molecule has 3 aliphatic rings. The summed E-state index contributed by atoms with van der Waals surface area (Å²) in [6.07, 6.45) is 7.92. The summed E-state index contributed by atoms with van der Waals surface area (Å²) in [6, 6.07) is 6.49. The molecule has 8 heteroatoms. The van der Waals surface area contributed by atoms with E-state index >= 15 is 0 Å². The van der Waals surface area contributed by atoms with Crippen LogP contribution >= 0.6 is 0 Å². The van der Waals surface area contributed by atoms with Gasteiger partial charge in [-0.15, -0.1) is 0 Å². The summed E-state index contributed by atoms with van der Waals surface area (Å²) < 4.78 is 4.73. The number of nitrogens with zero attached hydrogens (tertiary/aromatic N) is 1. The molecule has 4 N–H and O–H groups in total. The van der Waals surface area contributed by atoms with E-state index in [9.17, 15) is 14.4 Å². The van der Waals surface area contributed by atoms with E-state index in [0.29, 0.717) is 6.42 Å². The van der Waals surface area contributed by atoms with Crippen molar-refractivity contribution in [2.75, 3.05) is 13.7 Å². The molecular weight excluding hydrogens is 420 g/mol. The number of ether oxygens (including phenoxy) is 1. The molecule has 4 atom stereocenters. The number of aryl methyl sites for hydroxylation is 1. The van der Waals surface area contributed by atoms with Crippen molar-refractivity contribution >= 4 is 17.9 Å². The number of likely N-dealkylation sites (tertiary alicyclic amines) is 1. The van der Waals surface area contributed by atoms with Gasteiger partial charge in [-0.05, 0) is 55.6 Å². The van der Waals surface area contributed by atoms with Crippen LogP contribution in [0.1, 0.15) is 68.5 Å². The van der Waals surface area contributed by atoms with Crippen molar-refractivity contribution < 1.29 is 19.1 Å². The largest absolute Gasteiger partial charge is 0.453 e. The summed E-state index contributed by atoms with van der Waals surface area (Å²) in [4.78, 5) is 40.3. The van der Waals surface area contributed by atoms with E-state index in [4.69, 9.17) is 10.5 Å². The van der Waals surface area contributed by atoms with Gasteiger partial charge in [-0.3, -0.25) is 9.59 Å². The fourth-order valence-corrected chi connectivity index (χ4v) is 5.72. The van der Waals surface area contributed by atoms with Crippen LogP contribution < -0.4 is 16.4 Å². The van der Waals surface area contributed by atoms with Crippen molar-refractivity contribution in [2.45, 2.75) is 82.0 Å². The highest BCUT2D eigenvalue weighted by molar-refractivity contribution is 5.91. The molecule has 8 nitrogen and oxygen atoms in total. The van der Waals surface area contributed by atoms with Gasteiger partial charge in [-0.1, -0.05) is 43.5 Å². The van der Waals surface area contributed by atoms with Gasteiger partial charge in [0.2, 0.25) is 11.8 Å². The standard InChI is InChI=1S/C25H36N4O4/c1-33-25(32)27-18-14-21(29(15-18)24(31)22(26)17-9-3-2-4-10-17)23(30)28-20-13-7-11-16-8-5-6-12-19(16)20/h5-6,8,12,17-18,20-22H,2-4,7,9-11,13-15,26H2,1H3,(H,27,32)(H,28,30)/t18-,20+,21-,22-/m0/s1. The predicted octanol–water partition coefficient (Wildman–Crippen LogP) is 2.41. The van der Waals surface area contributed by atoms with Crippen molar-refractivity contribution in [2.24, 2.45) is 11.7 Å². The second kappa shape index (κ2) is 10.5. The second-order valence-corrected chi connectivity index (χ2v) is 9.65. The van der Waals surface area contributed by atoms with Crippen molar-refractivity contribution in [3.05, 3.63) is 35.4 Å². The second-order valence-electron chi connectivity index (χ2n) is 9.65. The maximum absolute atomic E-state index is 13.4. The number of amides is 3. The lowest BCUT2D eigenvalue weighted by Gasteiger charge is -2.33. The summed E-state index contributed by atoms with van der Waals surface area (Å²) in [7, 11) is 1.30. The monoisotopic (exact) mass is 456 g/mol. The SMILES string of the molecule is COC(=O)N[C@H]1C[C@@H](C(=O)N[C@@H]2CCCc3ccccc32)N(C(=O)[C@@H](N)C2CCCCC2)C1. The Kier molecular flexibility index (Phi) is 7.53. The third kappa shape index (κ3) is 5.32. The fraction of sp³-hybridized carbons (Fsp3) is 0.640. The molecule has 0 aromatic heterocycles. The van der Waals surface area contributed by atoms with E-state index in [-0.39, 0.29) is 36.4 Å². The first kappa shape index (κ1) is 23.5. The van der Waals surface area contributed by atoms with Gasteiger partial charge in [0.1, 0.15) is 6.04 Å². The highest BCUT2D eigenvalue weighted by Crippen LogP contribution is 2.31. The van der Waals surface area contributed by atoms with E-state index in [1.54, 1.807) is 4.90 Å². The minimum atomic E-state index is -0.664. The molecule has 1 saturated heterocycles. The number of carbonyl (C=O) groups is 3. The first-order valence-electron chi connectivity index (χ1n) is 12.3. The molecule has 1 aromatic carbocycles. The van der Waals surface area contributed by atoms with Crippen LogP contribution in [0.5, 0.6) is 0 Å². The topological polar surface area (TPSA) is 114 Å². The summed E-state index contributed by atoms with van der Waals surface area (Å²) in [6.45, 7) is 0.258. The predicted molar refractivity (Wildman–Crippen MR) is 124 cm³/mol. The Bertz CT molecular complexity index is 870. The lowest BCUT2D eigenvalue weighted by molar-refractivity contribution is -0.140. The van der Waals surface area contributed by atoms with Crippen LogP contribution in [-0.2, 0) is 20.7 Å². The fourth-order valence-electron chi connectivity index (χ4n) is 5.72. The van der Waals surface area contributed by atoms with Crippen LogP contribution in [0.2, 0.25) is 0 Å². The first-order valence-corrected chi connectivity index (χ1v) is 12.3. The van der Waals surface area contributed by atoms with Crippen molar-refractivity contribution in [3.63, 3.8) is 0 Å². The van der Waals surface area contributed by atoms with Gasteiger partial charge < -0.3 is 26.0 Å². The molecule has 2 fully saturated rings. The van der Waals surface area contributed by atoms with E-state index in [1.807, 2.05) is 12.1 Å². The zero-order chi connectivity index (χ0) is 23.4. The number of rotatable bonds is 5. The zero-order valence-electron chi connectivity index (χ0n) is 19.4.